The molecule has 4 aliphatic heterocycles. The second kappa shape index (κ2) is 15.0. The molecule has 344 valence electrons. The lowest BCUT2D eigenvalue weighted by Crippen LogP contribution is -2.71. The number of benzene rings is 7. The highest BCUT2D eigenvalue weighted by atomic mass is 16.5. The molecule has 8 aromatic rings. The zero-order valence-corrected chi connectivity index (χ0v) is 42.2. The van der Waals surface area contributed by atoms with Gasteiger partial charge in [-0.2, -0.15) is 0 Å². The quantitative estimate of drug-likeness (QED) is 0.155. The van der Waals surface area contributed by atoms with Gasteiger partial charge in [-0.3, -0.25) is 0 Å². The van der Waals surface area contributed by atoms with E-state index in [2.05, 4.69) is 254 Å². The molecule has 5 heterocycles. The molecule has 0 aliphatic carbocycles. The lowest BCUT2D eigenvalue weighted by Gasteiger charge is -2.49. The van der Waals surface area contributed by atoms with E-state index in [-0.39, 0.29) is 22.4 Å². The van der Waals surface area contributed by atoms with Crippen LogP contribution in [-0.2, 0) is 28.5 Å². The van der Waals surface area contributed by atoms with E-state index in [0.717, 1.165) is 17.9 Å². The third-order valence-corrected chi connectivity index (χ3v) is 15.2. The molecular weight excluding hydrogens is 839 g/mol. The Morgan fingerprint density at radius 2 is 1.20 bits per heavy atom. The zero-order valence-electron chi connectivity index (χ0n) is 42.2. The molecule has 0 saturated carbocycles. The van der Waals surface area contributed by atoms with Gasteiger partial charge in [0.25, 0.3) is 0 Å². The van der Waals surface area contributed by atoms with Gasteiger partial charge in [0.05, 0.1) is 22.6 Å². The predicted molar refractivity (Wildman–Crippen MR) is 286 cm³/mol. The molecule has 2 atom stereocenters. The van der Waals surface area contributed by atoms with Crippen LogP contribution in [0.1, 0.15) is 116 Å². The number of pyridine rings is 1. The van der Waals surface area contributed by atoms with Gasteiger partial charge in [-0.25, -0.2) is 4.90 Å². The number of nitrogens with zero attached hydrogens (tertiary/aromatic N) is 3. The maximum absolute atomic E-state index is 8.23. The second-order valence-electron chi connectivity index (χ2n) is 23.6. The first-order valence-electron chi connectivity index (χ1n) is 25.1. The SMILES string of the molecule is CC(C)Cc1ccc(N2c3cccc4c3N3C2c2cc(C(C)(C)C)cc(C(C)(C)C)c2OC32c3c-4cc(-c4ccccc4)cc3-c3cc(-c4ccc(C(C)(C)C)cc4)cc[n+]32)c(-c2ccccc2)c1. The smallest absolute Gasteiger partial charge is 0.410 e. The second-order valence-corrected chi connectivity index (χ2v) is 23.6. The third kappa shape index (κ3) is 6.58. The van der Waals surface area contributed by atoms with Gasteiger partial charge < -0.3 is 9.64 Å². The van der Waals surface area contributed by atoms with Crippen molar-refractivity contribution in [3.05, 3.63) is 197 Å². The summed E-state index contributed by atoms with van der Waals surface area (Å²) in [6, 6.07) is 59.9. The number of rotatable bonds is 6. The van der Waals surface area contributed by atoms with Crippen molar-refractivity contribution >= 4 is 17.1 Å². The molecule has 12 rings (SSSR count). The lowest BCUT2D eigenvalue weighted by molar-refractivity contribution is -0.774. The third-order valence-electron chi connectivity index (χ3n) is 15.2. The Labute approximate surface area is 409 Å². The Bertz CT molecular complexity index is 3360. The van der Waals surface area contributed by atoms with E-state index in [0.29, 0.717) is 5.92 Å². The van der Waals surface area contributed by atoms with Crippen LogP contribution in [0.4, 0.5) is 17.1 Å². The predicted octanol–water partition coefficient (Wildman–Crippen LogP) is 16.4. The average Bonchev–Trinajstić information content (AvgIpc) is 3.82. The summed E-state index contributed by atoms with van der Waals surface area (Å²) in [7, 11) is 0. The lowest BCUT2D eigenvalue weighted by atomic mass is 9.77. The van der Waals surface area contributed by atoms with Crippen molar-refractivity contribution in [2.75, 3.05) is 9.80 Å². The fourth-order valence-corrected chi connectivity index (χ4v) is 11.8. The maximum atomic E-state index is 8.23. The molecular formula is C65H64N3O+. The van der Waals surface area contributed by atoms with Crippen molar-refractivity contribution in [2.45, 2.75) is 111 Å². The van der Waals surface area contributed by atoms with Crippen molar-refractivity contribution in [1.82, 2.24) is 0 Å². The van der Waals surface area contributed by atoms with Crippen molar-refractivity contribution in [1.29, 1.82) is 0 Å². The standard InChI is InChI=1S/C65H64N3O/c1-40(2)33-41-25-30-55(50(34-41)44-21-16-13-17-22-44)67-56-24-18-23-49-51-35-46(42-19-14-12-15-20-42)36-52-57-37-45(43-26-28-47(29-27-43)62(3,4)5)31-32-66(57)65(58(51)52)68(59(49)56)61(67)53-38-48(63(6,7)8)39-54(60(53)69-65)64(9,10)11/h12-32,34-40,61H,33H2,1-11H3/q+1. The maximum Gasteiger partial charge on any atom is 0.432 e. The van der Waals surface area contributed by atoms with E-state index >= 15 is 0 Å². The van der Waals surface area contributed by atoms with Gasteiger partial charge in [-0.05, 0) is 109 Å². The van der Waals surface area contributed by atoms with Crippen LogP contribution in [0.15, 0.2) is 164 Å². The number of fused-ring (bicyclic) bond motifs is 5. The zero-order chi connectivity index (χ0) is 47.9. The number of hydrogen-bond donors (Lipinski definition) is 0. The van der Waals surface area contributed by atoms with Crippen molar-refractivity contribution in [3.63, 3.8) is 0 Å². The molecule has 4 aliphatic rings. The summed E-state index contributed by atoms with van der Waals surface area (Å²) in [5, 5.41) is 0. The summed E-state index contributed by atoms with van der Waals surface area (Å²) in [5.41, 5.74) is 22.9. The summed E-state index contributed by atoms with van der Waals surface area (Å²) in [6.07, 6.45) is 3.07. The summed E-state index contributed by atoms with van der Waals surface area (Å²) in [6.45, 7) is 25.6. The Hall–Kier alpha value is -6.91. The number of anilines is 3. The van der Waals surface area contributed by atoms with Crippen molar-refractivity contribution in [3.8, 4) is 61.5 Å². The average molecular weight is 903 g/mol. The highest BCUT2D eigenvalue weighted by Crippen LogP contribution is 2.68. The molecule has 4 nitrogen and oxygen atoms in total. The summed E-state index contributed by atoms with van der Waals surface area (Å²) >= 11 is 0. The Balaban J connectivity index is 1.21. The molecule has 2 unspecified atom stereocenters. The molecule has 0 bridgehead atoms. The van der Waals surface area contributed by atoms with Gasteiger partial charge >= 0.3 is 5.85 Å². The van der Waals surface area contributed by atoms with Gasteiger partial charge in [0.1, 0.15) is 17.5 Å². The first-order chi connectivity index (χ1) is 32.9. The molecule has 1 spiro atoms. The van der Waals surface area contributed by atoms with E-state index in [4.69, 9.17) is 4.74 Å². The minimum Gasteiger partial charge on any atom is -0.410 e. The molecule has 69 heavy (non-hydrogen) atoms. The first-order valence-corrected chi connectivity index (χ1v) is 25.1. The molecule has 1 aromatic heterocycles. The fraction of sp³-hybridized carbons (Fsp3) is 0.277. The minimum atomic E-state index is -1.06. The number of para-hydroxylation sites is 1. The summed E-state index contributed by atoms with van der Waals surface area (Å²) < 4.78 is 10.7. The minimum absolute atomic E-state index is 0.0668. The van der Waals surface area contributed by atoms with E-state index < -0.39 is 5.85 Å². The molecule has 0 amide bonds. The van der Waals surface area contributed by atoms with Crippen molar-refractivity contribution < 1.29 is 9.30 Å². The van der Waals surface area contributed by atoms with Gasteiger partial charge in [-0.15, -0.1) is 4.57 Å². The van der Waals surface area contributed by atoms with Crippen LogP contribution < -0.4 is 19.1 Å². The Morgan fingerprint density at radius 1 is 0.536 bits per heavy atom. The van der Waals surface area contributed by atoms with Gasteiger partial charge in [-0.1, -0.05) is 185 Å². The van der Waals surface area contributed by atoms with E-state index in [9.17, 15) is 0 Å². The van der Waals surface area contributed by atoms with Crippen LogP contribution in [0.3, 0.4) is 0 Å². The van der Waals surface area contributed by atoms with Crippen LogP contribution in [0.5, 0.6) is 5.75 Å². The molecule has 7 aromatic carbocycles. The van der Waals surface area contributed by atoms with Crippen LogP contribution in [-0.4, -0.2) is 0 Å². The monoisotopic (exact) mass is 903 g/mol. The number of aromatic nitrogens is 1. The Kier molecular flexibility index (Phi) is 9.46. The van der Waals surface area contributed by atoms with E-state index in [1.165, 1.54) is 101 Å². The van der Waals surface area contributed by atoms with Crippen LogP contribution >= 0.6 is 0 Å². The van der Waals surface area contributed by atoms with Gasteiger partial charge in [0.15, 0.2) is 6.20 Å². The highest BCUT2D eigenvalue weighted by molar-refractivity contribution is 6.03. The number of ether oxygens (including phenoxy) is 1. The van der Waals surface area contributed by atoms with Gasteiger partial charge in [0, 0.05) is 39.9 Å². The summed E-state index contributed by atoms with van der Waals surface area (Å²) in [4.78, 5) is 5.35. The molecule has 0 N–H and O–H groups in total. The molecule has 0 fully saturated rings. The van der Waals surface area contributed by atoms with Crippen LogP contribution in [0, 0.1) is 5.92 Å². The van der Waals surface area contributed by atoms with E-state index in [1.807, 2.05) is 0 Å². The van der Waals surface area contributed by atoms with Crippen LogP contribution in [0.25, 0.3) is 55.8 Å². The van der Waals surface area contributed by atoms with E-state index in [1.54, 1.807) is 0 Å². The largest absolute Gasteiger partial charge is 0.432 e. The topological polar surface area (TPSA) is 19.6 Å². The highest BCUT2D eigenvalue weighted by Gasteiger charge is 2.70. The first kappa shape index (κ1) is 43.4. The normalized spacial score (nSPS) is 17.4. The molecule has 4 heteroatoms. The van der Waals surface area contributed by atoms with Crippen LogP contribution in [0.2, 0.25) is 0 Å². The fourth-order valence-electron chi connectivity index (χ4n) is 11.8. The van der Waals surface area contributed by atoms with Gasteiger partial charge in [0.2, 0.25) is 5.69 Å². The molecule has 0 radical (unpaired) electrons. The summed E-state index contributed by atoms with van der Waals surface area (Å²) in [5.74, 6) is 0.443. The van der Waals surface area contributed by atoms with Crippen molar-refractivity contribution in [2.24, 2.45) is 5.92 Å². The molecule has 0 saturated heterocycles. The Morgan fingerprint density at radius 3 is 1.87 bits per heavy atom. The number of hydrogen-bond acceptors (Lipinski definition) is 3.